The second-order valence-corrected chi connectivity index (χ2v) is 10.5. The van der Waals surface area contributed by atoms with Crippen LogP contribution in [-0.2, 0) is 17.8 Å². The number of carbonyl (C=O) groups excluding carboxylic acids is 2. The third kappa shape index (κ3) is 5.16. The van der Waals surface area contributed by atoms with Crippen LogP contribution in [0.3, 0.4) is 0 Å². The van der Waals surface area contributed by atoms with E-state index in [-0.39, 0.29) is 24.5 Å². The molecule has 3 heterocycles. The highest BCUT2D eigenvalue weighted by Gasteiger charge is 2.31. The lowest BCUT2D eigenvalue weighted by molar-refractivity contribution is -0.132. The molecule has 36 heavy (non-hydrogen) atoms. The molecule has 0 radical (unpaired) electrons. The van der Waals surface area contributed by atoms with Crippen LogP contribution < -0.4 is 4.74 Å². The number of benzene rings is 2. The van der Waals surface area contributed by atoms with Crippen LogP contribution in [0, 0.1) is 6.92 Å². The zero-order chi connectivity index (χ0) is 25.1. The number of carbonyl (C=O) groups is 2. The van der Waals surface area contributed by atoms with Crippen LogP contribution in [0.5, 0.6) is 5.75 Å². The molecular weight excluding hydrogens is 472 g/mol. The molecule has 7 heteroatoms. The number of ether oxygens (including phenoxy) is 1. The minimum Gasteiger partial charge on any atom is -0.486 e. The molecule has 2 aromatic carbocycles. The summed E-state index contributed by atoms with van der Waals surface area (Å²) in [5.41, 5.74) is 4.63. The van der Waals surface area contributed by atoms with E-state index in [1.165, 1.54) is 11.1 Å². The van der Waals surface area contributed by atoms with Crippen molar-refractivity contribution in [2.75, 3.05) is 31.1 Å². The molecule has 0 unspecified atom stereocenters. The Labute approximate surface area is 216 Å². The van der Waals surface area contributed by atoms with Crippen LogP contribution in [-0.4, -0.2) is 52.8 Å². The minimum atomic E-state index is -0.138. The molecule has 1 aromatic heterocycles. The highest BCUT2D eigenvalue weighted by Crippen LogP contribution is 2.37. The van der Waals surface area contributed by atoms with E-state index >= 15 is 0 Å². The van der Waals surface area contributed by atoms with Gasteiger partial charge in [0.25, 0.3) is 5.91 Å². The fourth-order valence-electron chi connectivity index (χ4n) is 4.91. The first-order valence-corrected chi connectivity index (χ1v) is 13.8. The van der Waals surface area contributed by atoms with Gasteiger partial charge < -0.3 is 19.0 Å². The van der Waals surface area contributed by atoms with E-state index in [4.69, 9.17) is 9.15 Å². The van der Waals surface area contributed by atoms with Crippen molar-refractivity contribution in [1.82, 2.24) is 9.80 Å². The maximum absolute atomic E-state index is 12.8. The summed E-state index contributed by atoms with van der Waals surface area (Å²) in [6, 6.07) is 17.9. The van der Waals surface area contributed by atoms with Crippen molar-refractivity contribution in [3.8, 4) is 5.75 Å². The molecule has 0 N–H and O–H groups in total. The van der Waals surface area contributed by atoms with Gasteiger partial charge in [-0.15, -0.1) is 0 Å². The Hall–Kier alpha value is -3.19. The molecule has 2 aliphatic heterocycles. The van der Waals surface area contributed by atoms with Gasteiger partial charge in [-0.1, -0.05) is 42.8 Å². The topological polar surface area (TPSA) is 63.0 Å². The molecule has 1 atom stereocenters. The number of amides is 2. The van der Waals surface area contributed by atoms with E-state index in [2.05, 4.69) is 43.3 Å². The van der Waals surface area contributed by atoms with Crippen molar-refractivity contribution in [3.63, 3.8) is 0 Å². The summed E-state index contributed by atoms with van der Waals surface area (Å²) in [6.45, 7) is 6.43. The van der Waals surface area contributed by atoms with Crippen molar-refractivity contribution in [3.05, 3.63) is 88.4 Å². The maximum atomic E-state index is 12.8. The maximum Gasteiger partial charge on any atom is 0.289 e. The number of hydrogen-bond acceptors (Lipinski definition) is 5. The molecule has 3 aromatic rings. The summed E-state index contributed by atoms with van der Waals surface area (Å²) >= 11 is 1.87. The molecule has 0 saturated carbocycles. The number of nitrogens with zero attached hydrogens (tertiary/aromatic N) is 2. The Kier molecular flexibility index (Phi) is 7.37. The van der Waals surface area contributed by atoms with E-state index in [1.807, 2.05) is 34.6 Å². The predicted octanol–water partition coefficient (Wildman–Crippen LogP) is 5.24. The molecule has 188 valence electrons. The number of fused-ring (bicyclic) bond motifs is 1. The van der Waals surface area contributed by atoms with E-state index < -0.39 is 0 Å². The Morgan fingerprint density at radius 2 is 1.81 bits per heavy atom. The number of furan rings is 1. The Balaban J connectivity index is 1.34. The monoisotopic (exact) mass is 504 g/mol. The van der Waals surface area contributed by atoms with Gasteiger partial charge in [0, 0.05) is 37.6 Å². The van der Waals surface area contributed by atoms with Gasteiger partial charge in [0.15, 0.2) is 5.76 Å². The summed E-state index contributed by atoms with van der Waals surface area (Å²) < 4.78 is 11.9. The molecule has 2 amide bonds. The normalized spacial score (nSPS) is 17.6. The summed E-state index contributed by atoms with van der Waals surface area (Å²) in [6.07, 6.45) is 1.30. The second kappa shape index (κ2) is 10.8. The van der Waals surface area contributed by atoms with E-state index in [1.54, 1.807) is 12.1 Å². The molecule has 2 aliphatic rings. The lowest BCUT2D eigenvalue weighted by Gasteiger charge is -2.38. The van der Waals surface area contributed by atoms with Crippen molar-refractivity contribution < 1.29 is 18.7 Å². The Morgan fingerprint density at radius 3 is 2.56 bits per heavy atom. The second-order valence-electron chi connectivity index (χ2n) is 9.32. The number of thioether (sulfide) groups is 1. The SMILES string of the molecule is CCC(=O)N1CCc2ccc(OCc3ccc(C(=O)N4CCSCC4)o3)cc2[C@H]1c1ccc(C)cc1. The van der Waals surface area contributed by atoms with Crippen LogP contribution in [0.1, 0.15) is 58.0 Å². The standard InChI is InChI=1S/C29H32N2O4S/c1-3-27(32)31-13-12-21-8-9-23(18-25(21)28(31)22-6-4-20(2)5-7-22)34-19-24-10-11-26(35-24)29(33)30-14-16-36-17-15-30/h4-11,18,28H,3,12-17,19H2,1-2H3/t28-/m1/s1. The average molecular weight is 505 g/mol. The quantitative estimate of drug-likeness (QED) is 0.459. The molecule has 6 nitrogen and oxygen atoms in total. The zero-order valence-corrected chi connectivity index (χ0v) is 21.7. The van der Waals surface area contributed by atoms with Crippen LogP contribution in [0.15, 0.2) is 59.0 Å². The largest absolute Gasteiger partial charge is 0.486 e. The highest BCUT2D eigenvalue weighted by atomic mass is 32.2. The third-order valence-corrected chi connectivity index (χ3v) is 7.86. The van der Waals surface area contributed by atoms with Crippen LogP contribution in [0.25, 0.3) is 0 Å². The van der Waals surface area contributed by atoms with Gasteiger partial charge in [-0.2, -0.15) is 11.8 Å². The number of rotatable bonds is 6. The van der Waals surface area contributed by atoms with Gasteiger partial charge in [0.1, 0.15) is 18.1 Å². The third-order valence-electron chi connectivity index (χ3n) is 6.91. The fourth-order valence-corrected chi connectivity index (χ4v) is 5.81. The summed E-state index contributed by atoms with van der Waals surface area (Å²) in [4.78, 5) is 29.4. The van der Waals surface area contributed by atoms with Gasteiger partial charge in [0.05, 0.1) is 6.04 Å². The van der Waals surface area contributed by atoms with Crippen molar-refractivity contribution in [2.24, 2.45) is 0 Å². The van der Waals surface area contributed by atoms with Gasteiger partial charge in [-0.25, -0.2) is 0 Å². The van der Waals surface area contributed by atoms with Crippen molar-refractivity contribution in [2.45, 2.75) is 39.3 Å². The van der Waals surface area contributed by atoms with Crippen LogP contribution in [0.4, 0.5) is 0 Å². The van der Waals surface area contributed by atoms with Crippen LogP contribution in [0.2, 0.25) is 0 Å². The fraction of sp³-hybridized carbons (Fsp3) is 0.379. The Bertz CT molecular complexity index is 1230. The van der Waals surface area contributed by atoms with Crippen molar-refractivity contribution >= 4 is 23.6 Å². The summed E-state index contributed by atoms with van der Waals surface area (Å²) in [5, 5.41) is 0. The van der Waals surface area contributed by atoms with Crippen LogP contribution >= 0.6 is 11.8 Å². The summed E-state index contributed by atoms with van der Waals surface area (Å²) in [5.74, 6) is 3.71. The van der Waals surface area contributed by atoms with Gasteiger partial charge in [-0.05, 0) is 54.3 Å². The molecule has 0 bridgehead atoms. The molecule has 0 spiro atoms. The lowest BCUT2D eigenvalue weighted by Crippen LogP contribution is -2.40. The molecule has 1 fully saturated rings. The molecular formula is C29H32N2O4S. The molecule has 1 saturated heterocycles. The Morgan fingerprint density at radius 1 is 1.03 bits per heavy atom. The first kappa shape index (κ1) is 24.5. The van der Waals surface area contributed by atoms with E-state index in [0.29, 0.717) is 30.2 Å². The number of aryl methyl sites for hydroxylation is 1. The smallest absolute Gasteiger partial charge is 0.289 e. The first-order chi connectivity index (χ1) is 17.5. The van der Waals surface area contributed by atoms with Gasteiger partial charge in [-0.3, -0.25) is 9.59 Å². The van der Waals surface area contributed by atoms with Gasteiger partial charge >= 0.3 is 0 Å². The lowest BCUT2D eigenvalue weighted by atomic mass is 9.87. The van der Waals surface area contributed by atoms with E-state index in [9.17, 15) is 9.59 Å². The number of hydrogen-bond donors (Lipinski definition) is 0. The minimum absolute atomic E-state index is 0.0584. The summed E-state index contributed by atoms with van der Waals surface area (Å²) in [7, 11) is 0. The van der Waals surface area contributed by atoms with E-state index in [0.717, 1.165) is 42.1 Å². The molecule has 5 rings (SSSR count). The molecule has 0 aliphatic carbocycles. The predicted molar refractivity (Wildman–Crippen MR) is 141 cm³/mol. The first-order valence-electron chi connectivity index (χ1n) is 12.6. The van der Waals surface area contributed by atoms with Gasteiger partial charge in [0.2, 0.25) is 5.91 Å². The highest BCUT2D eigenvalue weighted by molar-refractivity contribution is 7.99. The zero-order valence-electron chi connectivity index (χ0n) is 20.9. The van der Waals surface area contributed by atoms with Crippen molar-refractivity contribution in [1.29, 1.82) is 0 Å². The average Bonchev–Trinajstić information content (AvgIpc) is 3.40.